The normalized spacial score (nSPS) is 24.3. The summed E-state index contributed by atoms with van der Waals surface area (Å²) >= 11 is 6.13. The van der Waals surface area contributed by atoms with Crippen molar-refractivity contribution in [1.82, 2.24) is 10.2 Å². The van der Waals surface area contributed by atoms with E-state index in [2.05, 4.69) is 5.32 Å². The summed E-state index contributed by atoms with van der Waals surface area (Å²) in [4.78, 5) is 13.9. The molecule has 0 saturated carbocycles. The number of likely N-dealkylation sites (tertiary alicyclic amines) is 1. The van der Waals surface area contributed by atoms with Crippen molar-refractivity contribution < 1.29 is 9.90 Å². The number of halogens is 1. The smallest absolute Gasteiger partial charge is 0.317 e. The number of urea groups is 1. The fraction of sp³-hybridized carbons (Fsp3) is 0.533. The molecule has 0 radical (unpaired) electrons. The SMILES string of the molecule is CC(NC(=O)N1CCC(C)C(O)C1)c1ccccc1Cl. The van der Waals surface area contributed by atoms with Crippen molar-refractivity contribution in [1.29, 1.82) is 0 Å². The fourth-order valence-electron chi connectivity index (χ4n) is 2.41. The highest BCUT2D eigenvalue weighted by Crippen LogP contribution is 2.23. The van der Waals surface area contributed by atoms with Crippen LogP contribution in [0.5, 0.6) is 0 Å². The van der Waals surface area contributed by atoms with E-state index in [4.69, 9.17) is 11.6 Å². The first-order chi connectivity index (χ1) is 9.49. The second-order valence-electron chi connectivity index (χ2n) is 5.47. The van der Waals surface area contributed by atoms with Gasteiger partial charge in [-0.1, -0.05) is 36.7 Å². The minimum Gasteiger partial charge on any atom is -0.391 e. The quantitative estimate of drug-likeness (QED) is 0.882. The molecule has 0 spiro atoms. The average molecular weight is 297 g/mol. The van der Waals surface area contributed by atoms with Gasteiger partial charge in [-0.25, -0.2) is 4.79 Å². The predicted octanol–water partition coefficient (Wildman–Crippen LogP) is 2.81. The summed E-state index contributed by atoms with van der Waals surface area (Å²) < 4.78 is 0. The Kier molecular flexibility index (Phi) is 4.89. The minimum atomic E-state index is -0.440. The summed E-state index contributed by atoms with van der Waals surface area (Å²) in [6.45, 7) is 4.98. The Labute approximate surface area is 124 Å². The molecule has 2 rings (SSSR count). The zero-order valence-electron chi connectivity index (χ0n) is 11.8. The van der Waals surface area contributed by atoms with E-state index < -0.39 is 6.10 Å². The van der Waals surface area contributed by atoms with E-state index in [1.807, 2.05) is 38.1 Å². The highest BCUT2D eigenvalue weighted by Gasteiger charge is 2.28. The number of β-amino-alcohol motifs (C(OH)–C–C–N with tert-alkyl or cyclic N) is 1. The Morgan fingerprint density at radius 1 is 1.50 bits per heavy atom. The van der Waals surface area contributed by atoms with Crippen LogP contribution in [0.25, 0.3) is 0 Å². The first-order valence-electron chi connectivity index (χ1n) is 6.97. The number of nitrogens with one attached hydrogen (secondary N) is 1. The lowest BCUT2D eigenvalue weighted by molar-refractivity contribution is 0.0431. The molecule has 1 fully saturated rings. The fourth-order valence-corrected chi connectivity index (χ4v) is 2.71. The van der Waals surface area contributed by atoms with Gasteiger partial charge >= 0.3 is 6.03 Å². The molecular weight excluding hydrogens is 276 g/mol. The van der Waals surface area contributed by atoms with Gasteiger partial charge in [-0.15, -0.1) is 0 Å². The number of rotatable bonds is 2. The molecule has 1 aliphatic heterocycles. The van der Waals surface area contributed by atoms with Crippen molar-refractivity contribution in [2.45, 2.75) is 32.4 Å². The minimum absolute atomic E-state index is 0.150. The molecule has 4 nitrogen and oxygen atoms in total. The lowest BCUT2D eigenvalue weighted by atomic mass is 9.96. The third-order valence-corrected chi connectivity index (χ3v) is 4.26. The topological polar surface area (TPSA) is 52.6 Å². The number of aliphatic hydroxyl groups is 1. The second kappa shape index (κ2) is 6.46. The Morgan fingerprint density at radius 2 is 2.20 bits per heavy atom. The molecule has 2 amide bonds. The third kappa shape index (κ3) is 3.44. The molecule has 0 aliphatic carbocycles. The summed E-state index contributed by atoms with van der Waals surface area (Å²) in [5.74, 6) is 0.250. The molecule has 1 aromatic rings. The number of piperidine rings is 1. The summed E-state index contributed by atoms with van der Waals surface area (Å²) in [6.07, 6.45) is 0.389. The molecule has 2 N–H and O–H groups in total. The number of carbonyl (C=O) groups excluding carboxylic acids is 1. The van der Waals surface area contributed by atoms with Crippen LogP contribution in [-0.2, 0) is 0 Å². The van der Waals surface area contributed by atoms with Gasteiger partial charge in [0.1, 0.15) is 0 Å². The number of amides is 2. The Balaban J connectivity index is 1.96. The van der Waals surface area contributed by atoms with E-state index in [1.54, 1.807) is 4.90 Å². The summed E-state index contributed by atoms with van der Waals surface area (Å²) in [6, 6.07) is 7.17. The van der Waals surface area contributed by atoms with E-state index >= 15 is 0 Å². The highest BCUT2D eigenvalue weighted by molar-refractivity contribution is 6.31. The van der Waals surface area contributed by atoms with Crippen LogP contribution in [0.15, 0.2) is 24.3 Å². The summed E-state index contributed by atoms with van der Waals surface area (Å²) in [5, 5.41) is 13.4. The standard InChI is InChI=1S/C15H21ClN2O2/c1-10-7-8-18(9-14(10)19)15(20)17-11(2)12-5-3-4-6-13(12)16/h3-6,10-11,14,19H,7-9H2,1-2H3,(H,17,20). The van der Waals surface area contributed by atoms with Crippen LogP contribution in [0.4, 0.5) is 4.79 Å². The predicted molar refractivity (Wildman–Crippen MR) is 79.8 cm³/mol. The van der Waals surface area contributed by atoms with E-state index in [1.165, 1.54) is 0 Å². The van der Waals surface area contributed by atoms with Crippen LogP contribution in [0.2, 0.25) is 5.02 Å². The number of hydrogen-bond donors (Lipinski definition) is 2. The Bertz CT molecular complexity index is 481. The Hall–Kier alpha value is -1.26. The van der Waals surface area contributed by atoms with Crippen molar-refractivity contribution >= 4 is 17.6 Å². The van der Waals surface area contributed by atoms with Gasteiger partial charge in [0, 0.05) is 18.1 Å². The highest BCUT2D eigenvalue weighted by atomic mass is 35.5. The van der Waals surface area contributed by atoms with Crippen molar-refractivity contribution in [2.24, 2.45) is 5.92 Å². The van der Waals surface area contributed by atoms with Crippen molar-refractivity contribution in [3.8, 4) is 0 Å². The molecular formula is C15H21ClN2O2. The van der Waals surface area contributed by atoms with Crippen LogP contribution >= 0.6 is 11.6 Å². The van der Waals surface area contributed by atoms with Gasteiger partial charge in [-0.05, 0) is 30.9 Å². The zero-order chi connectivity index (χ0) is 14.7. The number of nitrogens with zero attached hydrogens (tertiary/aromatic N) is 1. The van der Waals surface area contributed by atoms with Crippen LogP contribution < -0.4 is 5.32 Å². The Morgan fingerprint density at radius 3 is 2.85 bits per heavy atom. The first kappa shape index (κ1) is 15.1. The van der Waals surface area contributed by atoms with Crippen LogP contribution in [-0.4, -0.2) is 35.2 Å². The monoisotopic (exact) mass is 296 g/mol. The molecule has 1 aromatic carbocycles. The molecule has 5 heteroatoms. The summed E-state index contributed by atoms with van der Waals surface area (Å²) in [7, 11) is 0. The molecule has 1 aliphatic rings. The van der Waals surface area contributed by atoms with Crippen LogP contribution in [0, 0.1) is 5.92 Å². The number of carbonyl (C=O) groups is 1. The molecule has 1 heterocycles. The third-order valence-electron chi connectivity index (χ3n) is 3.92. The van der Waals surface area contributed by atoms with E-state index in [-0.39, 0.29) is 18.0 Å². The van der Waals surface area contributed by atoms with Gasteiger partial charge in [0.25, 0.3) is 0 Å². The van der Waals surface area contributed by atoms with Gasteiger partial charge in [0.15, 0.2) is 0 Å². The first-order valence-corrected chi connectivity index (χ1v) is 7.34. The maximum atomic E-state index is 12.2. The van der Waals surface area contributed by atoms with Gasteiger partial charge in [0.05, 0.1) is 12.1 Å². The second-order valence-corrected chi connectivity index (χ2v) is 5.88. The number of hydrogen-bond acceptors (Lipinski definition) is 2. The van der Waals surface area contributed by atoms with Gasteiger partial charge in [0.2, 0.25) is 0 Å². The maximum Gasteiger partial charge on any atom is 0.317 e. The lowest BCUT2D eigenvalue weighted by Gasteiger charge is -2.35. The largest absolute Gasteiger partial charge is 0.391 e. The summed E-state index contributed by atoms with van der Waals surface area (Å²) in [5.41, 5.74) is 0.897. The van der Waals surface area contributed by atoms with Gasteiger partial charge in [-0.2, -0.15) is 0 Å². The maximum absolute atomic E-state index is 12.2. The van der Waals surface area contributed by atoms with E-state index in [0.29, 0.717) is 18.1 Å². The number of aliphatic hydroxyl groups excluding tert-OH is 1. The molecule has 1 saturated heterocycles. The number of benzene rings is 1. The molecule has 0 bridgehead atoms. The molecule has 0 aromatic heterocycles. The van der Waals surface area contributed by atoms with Crippen LogP contribution in [0.1, 0.15) is 31.9 Å². The van der Waals surface area contributed by atoms with Gasteiger partial charge in [-0.3, -0.25) is 0 Å². The van der Waals surface area contributed by atoms with Crippen molar-refractivity contribution in [3.05, 3.63) is 34.9 Å². The van der Waals surface area contributed by atoms with Crippen molar-refractivity contribution in [2.75, 3.05) is 13.1 Å². The average Bonchev–Trinajstić information content (AvgIpc) is 2.42. The lowest BCUT2D eigenvalue weighted by Crippen LogP contribution is -2.50. The molecule has 3 atom stereocenters. The molecule has 20 heavy (non-hydrogen) atoms. The molecule has 110 valence electrons. The molecule has 3 unspecified atom stereocenters. The zero-order valence-corrected chi connectivity index (χ0v) is 12.6. The van der Waals surface area contributed by atoms with Crippen molar-refractivity contribution in [3.63, 3.8) is 0 Å². The van der Waals surface area contributed by atoms with Gasteiger partial charge < -0.3 is 15.3 Å². The van der Waals surface area contributed by atoms with Crippen LogP contribution in [0.3, 0.4) is 0 Å². The van der Waals surface area contributed by atoms with E-state index in [9.17, 15) is 9.90 Å². The van der Waals surface area contributed by atoms with E-state index in [0.717, 1.165) is 12.0 Å².